The molecule has 1 aliphatic heterocycles. The van der Waals surface area contributed by atoms with Crippen LogP contribution in [-0.4, -0.2) is 24.2 Å². The minimum Gasteiger partial charge on any atom is -0.316 e. The Morgan fingerprint density at radius 1 is 0.905 bits per heavy atom. The van der Waals surface area contributed by atoms with Crippen LogP contribution in [0.2, 0.25) is 0 Å². The fraction of sp³-hybridized carbons (Fsp3) is 0.368. The molecule has 0 aliphatic carbocycles. The SMILES string of the molecule is NC1CCCCN1CC(c1ccccc1)c1ccccc1. The predicted octanol–water partition coefficient (Wildman–Crippen LogP) is 3.59. The van der Waals surface area contributed by atoms with Crippen molar-refractivity contribution in [1.82, 2.24) is 4.90 Å². The van der Waals surface area contributed by atoms with Crippen molar-refractivity contribution in [2.45, 2.75) is 31.3 Å². The highest BCUT2D eigenvalue weighted by molar-refractivity contribution is 5.32. The average molecular weight is 280 g/mol. The first-order valence-corrected chi connectivity index (χ1v) is 7.94. The summed E-state index contributed by atoms with van der Waals surface area (Å²) >= 11 is 0. The van der Waals surface area contributed by atoms with Crippen LogP contribution in [0, 0.1) is 0 Å². The van der Waals surface area contributed by atoms with Gasteiger partial charge in [-0.2, -0.15) is 0 Å². The van der Waals surface area contributed by atoms with E-state index in [9.17, 15) is 0 Å². The van der Waals surface area contributed by atoms with E-state index < -0.39 is 0 Å². The van der Waals surface area contributed by atoms with Gasteiger partial charge in [-0.05, 0) is 36.9 Å². The molecule has 2 N–H and O–H groups in total. The second-order valence-corrected chi connectivity index (χ2v) is 5.93. The number of hydrogen-bond donors (Lipinski definition) is 1. The van der Waals surface area contributed by atoms with Crippen LogP contribution in [0.3, 0.4) is 0 Å². The van der Waals surface area contributed by atoms with Crippen molar-refractivity contribution >= 4 is 0 Å². The molecule has 110 valence electrons. The summed E-state index contributed by atoms with van der Waals surface area (Å²) < 4.78 is 0. The van der Waals surface area contributed by atoms with E-state index >= 15 is 0 Å². The molecule has 1 atom stereocenters. The predicted molar refractivity (Wildman–Crippen MR) is 88.1 cm³/mol. The Kier molecular flexibility index (Phi) is 4.69. The monoisotopic (exact) mass is 280 g/mol. The molecule has 0 amide bonds. The van der Waals surface area contributed by atoms with Crippen molar-refractivity contribution in [3.63, 3.8) is 0 Å². The van der Waals surface area contributed by atoms with Crippen LogP contribution >= 0.6 is 0 Å². The Bertz CT molecular complexity index is 499. The molecule has 0 radical (unpaired) electrons. The van der Waals surface area contributed by atoms with Crippen LogP contribution in [0.5, 0.6) is 0 Å². The molecule has 0 saturated carbocycles. The molecule has 2 aromatic rings. The molecule has 1 aliphatic rings. The fourth-order valence-corrected chi connectivity index (χ4v) is 3.25. The summed E-state index contributed by atoms with van der Waals surface area (Å²) in [5.41, 5.74) is 9.06. The van der Waals surface area contributed by atoms with Crippen LogP contribution in [0.15, 0.2) is 60.7 Å². The Balaban J connectivity index is 1.86. The van der Waals surface area contributed by atoms with Crippen molar-refractivity contribution in [2.75, 3.05) is 13.1 Å². The molecule has 0 spiro atoms. The molecule has 1 heterocycles. The Labute approximate surface area is 127 Å². The van der Waals surface area contributed by atoms with E-state index in [1.807, 2.05) is 0 Å². The summed E-state index contributed by atoms with van der Waals surface area (Å²) in [6, 6.07) is 21.6. The molecule has 1 fully saturated rings. The number of benzene rings is 2. The largest absolute Gasteiger partial charge is 0.316 e. The normalized spacial score (nSPS) is 19.8. The number of nitrogens with zero attached hydrogens (tertiary/aromatic N) is 1. The summed E-state index contributed by atoms with van der Waals surface area (Å²) in [5.74, 6) is 0.400. The van der Waals surface area contributed by atoms with Gasteiger partial charge in [-0.15, -0.1) is 0 Å². The van der Waals surface area contributed by atoms with Gasteiger partial charge in [0.05, 0.1) is 6.17 Å². The third kappa shape index (κ3) is 3.52. The second-order valence-electron chi connectivity index (χ2n) is 5.93. The zero-order valence-corrected chi connectivity index (χ0v) is 12.5. The minimum absolute atomic E-state index is 0.216. The van der Waals surface area contributed by atoms with E-state index in [-0.39, 0.29) is 6.17 Å². The van der Waals surface area contributed by atoms with E-state index in [4.69, 9.17) is 5.73 Å². The summed E-state index contributed by atoms with van der Waals surface area (Å²) in [6.07, 6.45) is 3.87. The molecule has 0 aromatic heterocycles. The number of hydrogen-bond acceptors (Lipinski definition) is 2. The molecule has 2 nitrogen and oxygen atoms in total. The van der Waals surface area contributed by atoms with Gasteiger partial charge in [-0.25, -0.2) is 0 Å². The van der Waals surface area contributed by atoms with Crippen molar-refractivity contribution in [3.05, 3.63) is 71.8 Å². The summed E-state index contributed by atoms with van der Waals surface area (Å²) in [6.45, 7) is 2.13. The van der Waals surface area contributed by atoms with Crippen LogP contribution in [0.4, 0.5) is 0 Å². The molecule has 1 unspecified atom stereocenters. The van der Waals surface area contributed by atoms with Crippen LogP contribution in [0.1, 0.15) is 36.3 Å². The second kappa shape index (κ2) is 6.88. The molecule has 0 bridgehead atoms. The zero-order chi connectivity index (χ0) is 14.5. The highest BCUT2D eigenvalue weighted by Crippen LogP contribution is 2.27. The zero-order valence-electron chi connectivity index (χ0n) is 12.5. The van der Waals surface area contributed by atoms with E-state index in [1.54, 1.807) is 0 Å². The van der Waals surface area contributed by atoms with Gasteiger partial charge < -0.3 is 5.73 Å². The van der Waals surface area contributed by atoms with Gasteiger partial charge >= 0.3 is 0 Å². The van der Waals surface area contributed by atoms with Crippen LogP contribution < -0.4 is 5.73 Å². The minimum atomic E-state index is 0.216. The lowest BCUT2D eigenvalue weighted by Crippen LogP contribution is -2.47. The third-order valence-corrected chi connectivity index (χ3v) is 4.49. The summed E-state index contributed by atoms with van der Waals surface area (Å²) in [4.78, 5) is 2.45. The van der Waals surface area contributed by atoms with Gasteiger partial charge in [0.1, 0.15) is 0 Å². The Morgan fingerprint density at radius 3 is 2.00 bits per heavy atom. The number of rotatable bonds is 4. The molecule has 3 rings (SSSR count). The van der Waals surface area contributed by atoms with Gasteiger partial charge in [0.15, 0.2) is 0 Å². The lowest BCUT2D eigenvalue weighted by molar-refractivity contribution is 0.147. The lowest BCUT2D eigenvalue weighted by Gasteiger charge is -2.36. The van der Waals surface area contributed by atoms with Crippen molar-refractivity contribution < 1.29 is 0 Å². The van der Waals surface area contributed by atoms with Gasteiger partial charge in [0.2, 0.25) is 0 Å². The quantitative estimate of drug-likeness (QED) is 0.927. The smallest absolute Gasteiger partial charge is 0.0572 e. The summed E-state index contributed by atoms with van der Waals surface area (Å²) in [5, 5.41) is 0. The first kappa shape index (κ1) is 14.3. The van der Waals surface area contributed by atoms with E-state index in [1.165, 1.54) is 24.0 Å². The molecule has 21 heavy (non-hydrogen) atoms. The van der Waals surface area contributed by atoms with Crippen molar-refractivity contribution in [1.29, 1.82) is 0 Å². The van der Waals surface area contributed by atoms with Crippen molar-refractivity contribution in [3.8, 4) is 0 Å². The van der Waals surface area contributed by atoms with Crippen molar-refractivity contribution in [2.24, 2.45) is 5.73 Å². The molecule has 1 saturated heterocycles. The molecule has 2 heteroatoms. The van der Waals surface area contributed by atoms with Crippen LogP contribution in [0.25, 0.3) is 0 Å². The third-order valence-electron chi connectivity index (χ3n) is 4.49. The van der Waals surface area contributed by atoms with Gasteiger partial charge in [0, 0.05) is 12.5 Å². The maximum Gasteiger partial charge on any atom is 0.0572 e. The first-order chi connectivity index (χ1) is 10.3. The highest BCUT2D eigenvalue weighted by Gasteiger charge is 2.23. The van der Waals surface area contributed by atoms with Crippen LogP contribution in [-0.2, 0) is 0 Å². The Hall–Kier alpha value is -1.64. The number of nitrogens with two attached hydrogens (primary N) is 1. The Morgan fingerprint density at radius 2 is 1.48 bits per heavy atom. The maximum absolute atomic E-state index is 6.31. The molecular weight excluding hydrogens is 256 g/mol. The lowest BCUT2D eigenvalue weighted by atomic mass is 9.90. The number of piperidine rings is 1. The van der Waals surface area contributed by atoms with Gasteiger partial charge in [-0.3, -0.25) is 4.90 Å². The topological polar surface area (TPSA) is 29.3 Å². The van der Waals surface area contributed by atoms with Gasteiger partial charge in [0.25, 0.3) is 0 Å². The fourth-order valence-electron chi connectivity index (χ4n) is 3.25. The van der Waals surface area contributed by atoms with E-state index in [0.717, 1.165) is 19.5 Å². The van der Waals surface area contributed by atoms with E-state index in [0.29, 0.717) is 5.92 Å². The number of likely N-dealkylation sites (tertiary alicyclic amines) is 1. The standard InChI is InChI=1S/C19H24N2/c20-19-13-7-8-14-21(19)15-18(16-9-3-1-4-10-16)17-11-5-2-6-12-17/h1-6,9-12,18-19H,7-8,13-15,20H2. The molecular formula is C19H24N2. The summed E-state index contributed by atoms with van der Waals surface area (Å²) in [7, 11) is 0. The van der Waals surface area contributed by atoms with E-state index in [2.05, 4.69) is 65.6 Å². The van der Waals surface area contributed by atoms with Gasteiger partial charge in [-0.1, -0.05) is 60.7 Å². The highest BCUT2D eigenvalue weighted by atomic mass is 15.2. The average Bonchev–Trinajstić information content (AvgIpc) is 2.56. The molecule has 2 aromatic carbocycles. The maximum atomic E-state index is 6.31. The first-order valence-electron chi connectivity index (χ1n) is 7.94.